The Morgan fingerprint density at radius 1 is 0.500 bits per heavy atom. The van der Waals surface area contributed by atoms with Crippen molar-refractivity contribution in [1.82, 2.24) is 13.7 Å². The number of fused-ring (bicyclic) bond motifs is 13. The Balaban J connectivity index is 0.816. The molecule has 0 bridgehead atoms. The van der Waals surface area contributed by atoms with E-state index in [0.717, 1.165) is 86.9 Å². The zero-order valence-corrected chi connectivity index (χ0v) is 41.8. The number of furan rings is 1. The molecule has 0 fully saturated rings. The minimum atomic E-state index is 0.550. The van der Waals surface area contributed by atoms with Gasteiger partial charge in [-0.3, -0.25) is 4.99 Å². The molecule has 2 aliphatic rings. The number of aliphatic imine (C=N–C) groups is 1. The van der Waals surface area contributed by atoms with E-state index in [1.807, 2.05) is 42.5 Å². The van der Waals surface area contributed by atoms with Gasteiger partial charge in [-0.15, -0.1) is 0 Å². The van der Waals surface area contributed by atoms with E-state index < -0.39 is 0 Å². The van der Waals surface area contributed by atoms with E-state index in [1.165, 1.54) is 77.1 Å². The summed E-state index contributed by atoms with van der Waals surface area (Å²) in [7, 11) is 0. The summed E-state index contributed by atoms with van der Waals surface area (Å²) in [6, 6.07) is 72.0. The molecule has 0 unspecified atom stereocenters. The summed E-state index contributed by atoms with van der Waals surface area (Å²) in [5, 5.41) is 8.39. The summed E-state index contributed by atoms with van der Waals surface area (Å²) < 4.78 is 14.2. The Labute approximate surface area is 439 Å². The maximum Gasteiger partial charge on any atom is 0.145 e. The largest absolute Gasteiger partial charge is 0.455 e. The number of aromatic nitrogens is 3. The molecule has 13 aromatic rings. The zero-order valence-electron chi connectivity index (χ0n) is 41.8. The SMILES string of the molecule is N/C(=C\C(=NCc1ccccc1)c1ccc(-n2c3c(c4c5oc6ccc(-n7c8ccccc8c8cc(-c9ccc%10c(c9)c9ccccc9n%10C9=CCCC=C9)ccc87)cc6c5ccc42)CCC=C3)cc1)c1ccccc1. The number of rotatable bonds is 9. The Morgan fingerprint density at radius 2 is 1.14 bits per heavy atom. The molecule has 15 rings (SSSR count). The number of hydrogen-bond donors (Lipinski definition) is 1. The van der Waals surface area contributed by atoms with Gasteiger partial charge in [0.25, 0.3) is 0 Å². The molecule has 0 saturated heterocycles. The number of benzene rings is 9. The smallest absolute Gasteiger partial charge is 0.145 e. The van der Waals surface area contributed by atoms with Crippen LogP contribution in [0.1, 0.15) is 47.2 Å². The van der Waals surface area contributed by atoms with Crippen LogP contribution in [0.15, 0.2) is 240 Å². The van der Waals surface area contributed by atoms with Crippen LogP contribution in [0.3, 0.4) is 0 Å². The number of hydrogen-bond acceptors (Lipinski definition) is 3. The second-order valence-corrected chi connectivity index (χ2v) is 20.2. The van der Waals surface area contributed by atoms with Crippen LogP contribution in [0.25, 0.3) is 116 Å². The van der Waals surface area contributed by atoms with Gasteiger partial charge in [0.15, 0.2) is 0 Å². The van der Waals surface area contributed by atoms with Crippen LogP contribution < -0.4 is 5.73 Å². The normalized spacial score (nSPS) is 14.1. The van der Waals surface area contributed by atoms with Crippen LogP contribution in [0, 0.1) is 0 Å². The number of para-hydroxylation sites is 2. The van der Waals surface area contributed by atoms with Gasteiger partial charge in [-0.05, 0) is 156 Å². The summed E-state index contributed by atoms with van der Waals surface area (Å²) in [5.74, 6) is 0. The van der Waals surface area contributed by atoms with Crippen molar-refractivity contribution in [1.29, 1.82) is 0 Å². The van der Waals surface area contributed by atoms with Gasteiger partial charge >= 0.3 is 0 Å². The third-order valence-corrected chi connectivity index (χ3v) is 15.8. The van der Waals surface area contributed by atoms with E-state index in [1.54, 1.807) is 0 Å². The molecular formula is C70H51N5O. The lowest BCUT2D eigenvalue weighted by Crippen LogP contribution is -2.05. The highest BCUT2D eigenvalue weighted by molar-refractivity contribution is 6.18. The van der Waals surface area contributed by atoms with Crippen LogP contribution in [0.4, 0.5) is 0 Å². The third-order valence-electron chi connectivity index (χ3n) is 15.8. The molecule has 2 aliphatic carbocycles. The second-order valence-electron chi connectivity index (χ2n) is 20.2. The summed E-state index contributed by atoms with van der Waals surface area (Å²) in [6.45, 7) is 0.550. The Bertz CT molecular complexity index is 4650. The Kier molecular flexibility index (Phi) is 10.3. The molecule has 6 heteroatoms. The Hall–Kier alpha value is -9.65. The van der Waals surface area contributed by atoms with Gasteiger partial charge in [-0.25, -0.2) is 0 Å². The van der Waals surface area contributed by atoms with Crippen LogP contribution in [-0.4, -0.2) is 19.4 Å². The van der Waals surface area contributed by atoms with Gasteiger partial charge in [0.05, 0.1) is 39.8 Å². The summed E-state index contributed by atoms with van der Waals surface area (Å²) >= 11 is 0. The fourth-order valence-electron chi connectivity index (χ4n) is 12.2. The van der Waals surface area contributed by atoms with Crippen molar-refractivity contribution in [3.63, 3.8) is 0 Å². The van der Waals surface area contributed by atoms with E-state index >= 15 is 0 Å². The van der Waals surface area contributed by atoms with Crippen LogP contribution in [0.2, 0.25) is 0 Å². The number of nitrogens with two attached hydrogens (primary N) is 1. The third kappa shape index (κ3) is 7.13. The van der Waals surface area contributed by atoms with Crippen molar-refractivity contribution in [3.8, 4) is 22.5 Å². The van der Waals surface area contributed by atoms with E-state index in [-0.39, 0.29) is 0 Å². The van der Waals surface area contributed by atoms with Crippen LogP contribution in [0.5, 0.6) is 0 Å². The maximum atomic E-state index is 6.99. The molecule has 0 saturated carbocycles. The van der Waals surface area contributed by atoms with E-state index in [2.05, 4.69) is 208 Å². The standard InChI is InChI=1S/C70H51N5O/c71-60(46-18-6-2-7-19-46)43-61(72-44-45-16-4-1-5-17-45)47-28-32-51(33-29-47)74-64-27-15-12-24-56(64)69-67(74)38-35-55-59-42-52(34-39-68(59)76-70(55)69)75-63-26-14-11-23-54(63)58-41-49(31-37-66(58)75)48-30-36-65-57(40-48)53-22-10-13-25-62(53)73(65)50-20-8-3-9-21-50/h1-2,4-8,10-11,13-23,25-43H,3,9,12,24,44,71H2/b60-43-,72-61?. The van der Waals surface area contributed by atoms with Crippen molar-refractivity contribution < 1.29 is 4.42 Å². The van der Waals surface area contributed by atoms with Crippen molar-refractivity contribution in [2.75, 3.05) is 0 Å². The number of nitrogens with zero attached hydrogens (tertiary/aromatic N) is 4. The number of allylic oxidation sites excluding steroid dienone is 6. The molecule has 4 heterocycles. The molecule has 76 heavy (non-hydrogen) atoms. The van der Waals surface area contributed by atoms with Gasteiger partial charge < -0.3 is 23.9 Å². The first-order valence-corrected chi connectivity index (χ1v) is 26.5. The highest BCUT2D eigenvalue weighted by Crippen LogP contribution is 2.44. The van der Waals surface area contributed by atoms with Gasteiger partial charge in [-0.2, -0.15) is 0 Å². The van der Waals surface area contributed by atoms with E-state index in [0.29, 0.717) is 12.2 Å². The topological polar surface area (TPSA) is 66.3 Å². The first-order valence-electron chi connectivity index (χ1n) is 26.5. The molecule has 9 aromatic carbocycles. The first-order chi connectivity index (χ1) is 37.6. The molecule has 0 aliphatic heterocycles. The van der Waals surface area contributed by atoms with Gasteiger partial charge in [0.2, 0.25) is 0 Å². The Morgan fingerprint density at radius 3 is 1.88 bits per heavy atom. The summed E-state index contributed by atoms with van der Waals surface area (Å²) in [4.78, 5) is 5.12. The molecule has 0 radical (unpaired) electrons. The molecule has 6 nitrogen and oxygen atoms in total. The molecule has 0 spiro atoms. The molecule has 0 atom stereocenters. The monoisotopic (exact) mass is 977 g/mol. The minimum absolute atomic E-state index is 0.550. The predicted octanol–water partition coefficient (Wildman–Crippen LogP) is 17.5. The van der Waals surface area contributed by atoms with Gasteiger partial charge in [0, 0.05) is 66.2 Å². The fourth-order valence-corrected chi connectivity index (χ4v) is 12.2. The molecular weight excluding hydrogens is 927 g/mol. The van der Waals surface area contributed by atoms with Crippen molar-refractivity contribution >= 4 is 99.6 Å². The fraction of sp³-hybridized carbons (Fsp3) is 0.0714. The molecule has 2 N–H and O–H groups in total. The second kappa shape index (κ2) is 17.8. The average molecular weight is 978 g/mol. The average Bonchev–Trinajstić information content (AvgIpc) is 4.25. The van der Waals surface area contributed by atoms with Crippen molar-refractivity contribution in [2.45, 2.75) is 32.2 Å². The van der Waals surface area contributed by atoms with Crippen molar-refractivity contribution in [3.05, 3.63) is 259 Å². The van der Waals surface area contributed by atoms with Crippen LogP contribution in [-0.2, 0) is 13.0 Å². The predicted molar refractivity (Wildman–Crippen MR) is 319 cm³/mol. The quantitative estimate of drug-likeness (QED) is 0.146. The number of aryl methyl sites for hydroxylation is 1. The lowest BCUT2D eigenvalue weighted by molar-refractivity contribution is 0.672. The minimum Gasteiger partial charge on any atom is -0.455 e. The first kappa shape index (κ1) is 43.9. The lowest BCUT2D eigenvalue weighted by atomic mass is 9.99. The molecule has 0 amide bonds. The lowest BCUT2D eigenvalue weighted by Gasteiger charge is -2.13. The van der Waals surface area contributed by atoms with Crippen molar-refractivity contribution in [2.24, 2.45) is 10.7 Å². The summed E-state index contributed by atoms with van der Waals surface area (Å²) in [5.41, 5.74) is 27.4. The highest BCUT2D eigenvalue weighted by atomic mass is 16.3. The molecule has 4 aromatic heterocycles. The maximum absolute atomic E-state index is 6.99. The molecule has 362 valence electrons. The van der Waals surface area contributed by atoms with Gasteiger partial charge in [-0.1, -0.05) is 140 Å². The van der Waals surface area contributed by atoms with E-state index in [4.69, 9.17) is 15.1 Å². The van der Waals surface area contributed by atoms with E-state index in [9.17, 15) is 0 Å². The van der Waals surface area contributed by atoms with Crippen LogP contribution >= 0.6 is 0 Å². The van der Waals surface area contributed by atoms with Gasteiger partial charge in [0.1, 0.15) is 11.2 Å². The highest BCUT2D eigenvalue weighted by Gasteiger charge is 2.24. The summed E-state index contributed by atoms with van der Waals surface area (Å²) in [6.07, 6.45) is 17.6. The zero-order chi connectivity index (χ0) is 50.3.